The van der Waals surface area contributed by atoms with Gasteiger partial charge in [0.25, 0.3) is 0 Å². The minimum atomic E-state index is 0.852. The number of aryl methyl sites for hydroxylation is 1. The van der Waals surface area contributed by atoms with Crippen LogP contribution < -0.4 is 0 Å². The highest BCUT2D eigenvalue weighted by atomic mass is 15.3. The molecule has 4 heterocycles. The Morgan fingerprint density at radius 3 is 2.82 bits per heavy atom. The van der Waals surface area contributed by atoms with Gasteiger partial charge in [0, 0.05) is 18.9 Å². The molecule has 0 bridgehead atoms. The third kappa shape index (κ3) is 1.77. The minimum Gasteiger partial charge on any atom is -0.295 e. The molecule has 0 spiro atoms. The standard InChI is InChI=1S/C16H16N6/c1-3-21-12(2)15(11-19-21)20-10-9-17-16(20)14-6-4-5-13-7-8-18-22(13)14/h4-11H,3H2,1-2H3. The van der Waals surface area contributed by atoms with E-state index >= 15 is 0 Å². The Kier molecular flexibility index (Phi) is 2.82. The molecule has 0 N–H and O–H groups in total. The Bertz CT molecular complexity index is 943. The first-order valence-corrected chi connectivity index (χ1v) is 7.29. The third-order valence-electron chi connectivity index (χ3n) is 3.93. The van der Waals surface area contributed by atoms with Crippen molar-refractivity contribution in [2.45, 2.75) is 20.4 Å². The van der Waals surface area contributed by atoms with Gasteiger partial charge in [0.1, 0.15) is 5.69 Å². The molecule has 0 aliphatic rings. The Labute approximate surface area is 127 Å². The van der Waals surface area contributed by atoms with Gasteiger partial charge >= 0.3 is 0 Å². The maximum absolute atomic E-state index is 4.53. The molecule has 0 saturated carbocycles. The highest BCUT2D eigenvalue weighted by Crippen LogP contribution is 2.23. The fraction of sp³-hybridized carbons (Fsp3) is 0.188. The van der Waals surface area contributed by atoms with Crippen LogP contribution in [0.2, 0.25) is 0 Å². The lowest BCUT2D eigenvalue weighted by atomic mass is 10.3. The molecule has 0 saturated heterocycles. The van der Waals surface area contributed by atoms with Gasteiger partial charge in [-0.25, -0.2) is 9.50 Å². The number of rotatable bonds is 3. The van der Waals surface area contributed by atoms with Crippen molar-refractivity contribution in [3.63, 3.8) is 0 Å². The molecule has 0 fully saturated rings. The van der Waals surface area contributed by atoms with Crippen LogP contribution in [0.25, 0.3) is 22.7 Å². The van der Waals surface area contributed by atoms with Gasteiger partial charge in [0.2, 0.25) is 0 Å². The zero-order chi connectivity index (χ0) is 15.1. The molecule has 0 aliphatic heterocycles. The molecular formula is C16H16N6. The molecule has 6 heteroatoms. The molecule has 0 unspecified atom stereocenters. The predicted molar refractivity (Wildman–Crippen MR) is 83.9 cm³/mol. The van der Waals surface area contributed by atoms with E-state index in [2.05, 4.69) is 33.6 Å². The van der Waals surface area contributed by atoms with E-state index in [9.17, 15) is 0 Å². The van der Waals surface area contributed by atoms with Crippen molar-refractivity contribution < 1.29 is 0 Å². The van der Waals surface area contributed by atoms with E-state index in [1.807, 2.05) is 45.9 Å². The minimum absolute atomic E-state index is 0.852. The lowest BCUT2D eigenvalue weighted by Gasteiger charge is -2.09. The van der Waals surface area contributed by atoms with E-state index < -0.39 is 0 Å². The SMILES string of the molecule is CCn1ncc(-n2ccnc2-c2cccc3ccnn23)c1C. The molecular weight excluding hydrogens is 276 g/mol. The highest BCUT2D eigenvalue weighted by molar-refractivity contribution is 5.61. The van der Waals surface area contributed by atoms with Crippen LogP contribution in [0.15, 0.2) is 49.1 Å². The fourth-order valence-corrected chi connectivity index (χ4v) is 2.80. The Balaban J connectivity index is 1.93. The summed E-state index contributed by atoms with van der Waals surface area (Å²) in [5, 5.41) is 8.82. The summed E-state index contributed by atoms with van der Waals surface area (Å²) in [5.74, 6) is 0.855. The summed E-state index contributed by atoms with van der Waals surface area (Å²) in [6.45, 7) is 5.01. The zero-order valence-corrected chi connectivity index (χ0v) is 12.5. The van der Waals surface area contributed by atoms with Gasteiger partial charge in [-0.15, -0.1) is 0 Å². The molecule has 4 rings (SSSR count). The number of fused-ring (bicyclic) bond motifs is 1. The van der Waals surface area contributed by atoms with Gasteiger partial charge in [0.05, 0.1) is 29.3 Å². The molecule has 4 aromatic rings. The summed E-state index contributed by atoms with van der Waals surface area (Å²) in [5.41, 5.74) is 4.16. The third-order valence-corrected chi connectivity index (χ3v) is 3.93. The lowest BCUT2D eigenvalue weighted by Crippen LogP contribution is -2.03. The summed E-state index contributed by atoms with van der Waals surface area (Å²) in [7, 11) is 0. The van der Waals surface area contributed by atoms with E-state index in [1.54, 1.807) is 12.4 Å². The van der Waals surface area contributed by atoms with E-state index in [0.29, 0.717) is 0 Å². The van der Waals surface area contributed by atoms with Crippen molar-refractivity contribution in [2.75, 3.05) is 0 Å². The summed E-state index contributed by atoms with van der Waals surface area (Å²) < 4.78 is 5.94. The number of hydrogen-bond donors (Lipinski definition) is 0. The number of imidazole rings is 1. The summed E-state index contributed by atoms with van der Waals surface area (Å²) in [4.78, 5) is 4.53. The number of pyridine rings is 1. The predicted octanol–water partition coefficient (Wildman–Crippen LogP) is 2.71. The Morgan fingerprint density at radius 2 is 2.00 bits per heavy atom. The number of hydrogen-bond acceptors (Lipinski definition) is 3. The normalized spacial score (nSPS) is 11.4. The first kappa shape index (κ1) is 12.8. The smallest absolute Gasteiger partial charge is 0.163 e. The van der Waals surface area contributed by atoms with Gasteiger partial charge < -0.3 is 0 Å². The number of nitrogens with zero attached hydrogens (tertiary/aromatic N) is 6. The second-order valence-corrected chi connectivity index (χ2v) is 5.13. The first-order valence-electron chi connectivity index (χ1n) is 7.29. The van der Waals surface area contributed by atoms with Crippen LogP contribution >= 0.6 is 0 Å². The monoisotopic (exact) mass is 292 g/mol. The van der Waals surface area contributed by atoms with Crippen LogP contribution in [0.5, 0.6) is 0 Å². The molecule has 110 valence electrons. The maximum Gasteiger partial charge on any atom is 0.163 e. The van der Waals surface area contributed by atoms with E-state index in [-0.39, 0.29) is 0 Å². The van der Waals surface area contributed by atoms with E-state index in [0.717, 1.165) is 35.0 Å². The second kappa shape index (κ2) is 4.84. The molecule has 0 amide bonds. The summed E-state index contributed by atoms with van der Waals surface area (Å²) >= 11 is 0. The quantitative estimate of drug-likeness (QED) is 0.583. The van der Waals surface area contributed by atoms with Crippen molar-refractivity contribution in [3.05, 3.63) is 54.7 Å². The lowest BCUT2D eigenvalue weighted by molar-refractivity contribution is 0.639. The van der Waals surface area contributed by atoms with Gasteiger partial charge in [0.15, 0.2) is 5.82 Å². The average molecular weight is 292 g/mol. The zero-order valence-electron chi connectivity index (χ0n) is 12.5. The van der Waals surface area contributed by atoms with Crippen LogP contribution in [-0.2, 0) is 6.54 Å². The van der Waals surface area contributed by atoms with Crippen molar-refractivity contribution in [1.29, 1.82) is 0 Å². The molecule has 0 aliphatic carbocycles. The van der Waals surface area contributed by atoms with Crippen molar-refractivity contribution in [3.8, 4) is 17.2 Å². The van der Waals surface area contributed by atoms with E-state index in [1.165, 1.54) is 0 Å². The fourth-order valence-electron chi connectivity index (χ4n) is 2.80. The topological polar surface area (TPSA) is 52.9 Å². The molecule has 0 atom stereocenters. The molecule has 22 heavy (non-hydrogen) atoms. The van der Waals surface area contributed by atoms with Gasteiger partial charge in [-0.3, -0.25) is 9.25 Å². The summed E-state index contributed by atoms with van der Waals surface area (Å²) in [6.07, 6.45) is 7.45. The van der Waals surface area contributed by atoms with Crippen LogP contribution in [0, 0.1) is 6.92 Å². The van der Waals surface area contributed by atoms with Crippen LogP contribution in [0.3, 0.4) is 0 Å². The summed E-state index contributed by atoms with van der Waals surface area (Å²) in [6, 6.07) is 8.06. The average Bonchev–Trinajstić information content (AvgIpc) is 3.25. The van der Waals surface area contributed by atoms with Crippen LogP contribution in [0.4, 0.5) is 0 Å². The van der Waals surface area contributed by atoms with Crippen LogP contribution in [-0.4, -0.2) is 28.9 Å². The van der Waals surface area contributed by atoms with Crippen molar-refractivity contribution >= 4 is 5.52 Å². The second-order valence-electron chi connectivity index (χ2n) is 5.13. The maximum atomic E-state index is 4.53. The molecule has 0 radical (unpaired) electrons. The van der Waals surface area contributed by atoms with Crippen molar-refractivity contribution in [1.82, 2.24) is 28.9 Å². The van der Waals surface area contributed by atoms with E-state index in [4.69, 9.17) is 0 Å². The van der Waals surface area contributed by atoms with Crippen molar-refractivity contribution in [2.24, 2.45) is 0 Å². The van der Waals surface area contributed by atoms with Gasteiger partial charge in [-0.1, -0.05) is 6.07 Å². The Hall–Kier alpha value is -2.89. The number of aromatic nitrogens is 6. The molecule has 4 aromatic heterocycles. The largest absolute Gasteiger partial charge is 0.295 e. The Morgan fingerprint density at radius 1 is 1.09 bits per heavy atom. The van der Waals surface area contributed by atoms with Gasteiger partial charge in [-0.05, 0) is 32.0 Å². The first-order chi connectivity index (χ1) is 10.8. The van der Waals surface area contributed by atoms with Gasteiger partial charge in [-0.2, -0.15) is 10.2 Å². The molecule has 6 nitrogen and oxygen atoms in total. The highest BCUT2D eigenvalue weighted by Gasteiger charge is 2.15. The van der Waals surface area contributed by atoms with Crippen LogP contribution in [0.1, 0.15) is 12.6 Å². The molecule has 0 aromatic carbocycles.